The minimum Gasteiger partial charge on any atom is -0.351 e. The zero-order chi connectivity index (χ0) is 16.5. The molecule has 3 aromatic rings. The lowest BCUT2D eigenvalue weighted by molar-refractivity contribution is -0.122. The third-order valence-electron chi connectivity index (χ3n) is 4.44. The monoisotopic (exact) mass is 323 g/mol. The van der Waals surface area contributed by atoms with E-state index in [9.17, 15) is 9.59 Å². The maximum Gasteiger partial charge on any atom is 0.275 e. The van der Waals surface area contributed by atoms with Crippen LogP contribution in [0.25, 0.3) is 10.8 Å². The highest BCUT2D eigenvalue weighted by molar-refractivity contribution is 5.81. The average Bonchev–Trinajstić information content (AvgIpc) is 3.05. The fraction of sp³-hybridized carbons (Fsp3) is 0.294. The van der Waals surface area contributed by atoms with Gasteiger partial charge in [-0.05, 0) is 30.9 Å². The molecule has 0 aliphatic heterocycles. The van der Waals surface area contributed by atoms with E-state index in [-0.39, 0.29) is 24.1 Å². The van der Waals surface area contributed by atoms with E-state index in [2.05, 4.69) is 20.6 Å². The Hall–Kier alpha value is -2.96. The largest absolute Gasteiger partial charge is 0.351 e. The number of aromatic nitrogens is 4. The number of nitrogens with zero attached hydrogens (tertiary/aromatic N) is 3. The lowest BCUT2D eigenvalue weighted by Gasteiger charge is -2.22. The molecule has 1 aromatic carbocycles. The van der Waals surface area contributed by atoms with Crippen LogP contribution in [0.15, 0.2) is 41.5 Å². The van der Waals surface area contributed by atoms with E-state index in [1.54, 1.807) is 18.3 Å². The van der Waals surface area contributed by atoms with Crippen molar-refractivity contribution in [2.75, 3.05) is 0 Å². The molecule has 24 heavy (non-hydrogen) atoms. The van der Waals surface area contributed by atoms with Crippen molar-refractivity contribution in [1.82, 2.24) is 25.3 Å². The van der Waals surface area contributed by atoms with Gasteiger partial charge in [0.25, 0.3) is 5.56 Å². The van der Waals surface area contributed by atoms with Crippen LogP contribution >= 0.6 is 0 Å². The standard InChI is InChI=1S/C17H17N5O2/c23-16(20-13-5-6-15-12(7-13)8-18-21-15)10-22-17(24)14-4-2-1-3-11(14)9-19-22/h1-4,8-9,13H,5-7,10H2,(H,18,21)(H,20,23)/t13-/m0/s1. The molecule has 2 aromatic heterocycles. The molecule has 0 unspecified atom stereocenters. The quantitative estimate of drug-likeness (QED) is 0.745. The van der Waals surface area contributed by atoms with Gasteiger partial charge in [-0.1, -0.05) is 18.2 Å². The smallest absolute Gasteiger partial charge is 0.275 e. The molecule has 4 rings (SSSR count). The molecule has 0 spiro atoms. The Kier molecular flexibility index (Phi) is 3.60. The van der Waals surface area contributed by atoms with Crippen molar-refractivity contribution in [3.05, 3.63) is 58.3 Å². The minimum atomic E-state index is -0.246. The van der Waals surface area contributed by atoms with E-state index >= 15 is 0 Å². The number of hydrogen-bond acceptors (Lipinski definition) is 4. The zero-order valence-corrected chi connectivity index (χ0v) is 13.0. The summed E-state index contributed by atoms with van der Waals surface area (Å²) in [6.45, 7) is -0.0710. The first-order valence-corrected chi connectivity index (χ1v) is 7.96. The molecule has 2 N–H and O–H groups in total. The van der Waals surface area contributed by atoms with Crippen LogP contribution < -0.4 is 10.9 Å². The Morgan fingerprint density at radius 3 is 3.12 bits per heavy atom. The first-order chi connectivity index (χ1) is 11.7. The number of carbonyl (C=O) groups excluding carboxylic acids is 1. The normalized spacial score (nSPS) is 16.8. The van der Waals surface area contributed by atoms with Crippen molar-refractivity contribution in [1.29, 1.82) is 0 Å². The topological polar surface area (TPSA) is 92.7 Å². The van der Waals surface area contributed by atoms with Crippen LogP contribution in [0.5, 0.6) is 0 Å². The summed E-state index contributed by atoms with van der Waals surface area (Å²) in [6.07, 6.45) is 5.92. The molecule has 0 radical (unpaired) electrons. The number of benzene rings is 1. The summed E-state index contributed by atoms with van der Waals surface area (Å²) in [5.41, 5.74) is 2.05. The SMILES string of the molecule is O=C(Cn1ncc2ccccc2c1=O)N[C@H]1CCc2[nH]ncc2C1. The van der Waals surface area contributed by atoms with Gasteiger partial charge in [0.1, 0.15) is 6.54 Å². The van der Waals surface area contributed by atoms with Gasteiger partial charge >= 0.3 is 0 Å². The minimum absolute atomic E-state index is 0.0683. The highest BCUT2D eigenvalue weighted by atomic mass is 16.2. The lowest BCUT2D eigenvalue weighted by Crippen LogP contribution is -2.42. The van der Waals surface area contributed by atoms with Crippen LogP contribution in [0.3, 0.4) is 0 Å². The van der Waals surface area contributed by atoms with Crippen molar-refractivity contribution >= 4 is 16.7 Å². The van der Waals surface area contributed by atoms with Gasteiger partial charge in [-0.15, -0.1) is 0 Å². The number of amides is 1. The third kappa shape index (κ3) is 2.68. The average molecular weight is 323 g/mol. The van der Waals surface area contributed by atoms with E-state index < -0.39 is 0 Å². The Balaban J connectivity index is 1.47. The second-order valence-corrected chi connectivity index (χ2v) is 6.08. The fourth-order valence-corrected chi connectivity index (χ4v) is 3.19. The van der Waals surface area contributed by atoms with Gasteiger partial charge in [-0.3, -0.25) is 14.7 Å². The number of aryl methyl sites for hydroxylation is 1. The van der Waals surface area contributed by atoms with Gasteiger partial charge in [0.05, 0.1) is 17.8 Å². The second kappa shape index (κ2) is 5.92. The van der Waals surface area contributed by atoms with Crippen LogP contribution in [-0.2, 0) is 24.2 Å². The number of rotatable bonds is 3. The van der Waals surface area contributed by atoms with E-state index in [1.165, 1.54) is 4.68 Å². The van der Waals surface area contributed by atoms with E-state index in [0.29, 0.717) is 5.39 Å². The Labute approximate surface area is 137 Å². The van der Waals surface area contributed by atoms with Gasteiger partial charge in [0, 0.05) is 17.1 Å². The van der Waals surface area contributed by atoms with Gasteiger partial charge in [0.15, 0.2) is 0 Å². The number of nitrogens with one attached hydrogen (secondary N) is 2. The first kappa shape index (κ1) is 14.6. The van der Waals surface area contributed by atoms with Crippen molar-refractivity contribution in [2.24, 2.45) is 0 Å². The predicted molar refractivity (Wildman–Crippen MR) is 88.5 cm³/mol. The molecule has 1 aliphatic carbocycles. The molecule has 2 heterocycles. The first-order valence-electron chi connectivity index (χ1n) is 7.96. The van der Waals surface area contributed by atoms with E-state index in [0.717, 1.165) is 35.9 Å². The summed E-state index contributed by atoms with van der Waals surface area (Å²) in [5, 5.41) is 15.4. The summed E-state index contributed by atoms with van der Waals surface area (Å²) in [7, 11) is 0. The molecule has 0 saturated heterocycles. The number of fused-ring (bicyclic) bond motifs is 2. The highest BCUT2D eigenvalue weighted by Gasteiger charge is 2.21. The summed E-state index contributed by atoms with van der Waals surface area (Å²) >= 11 is 0. The molecule has 0 saturated carbocycles. The van der Waals surface area contributed by atoms with Gasteiger partial charge < -0.3 is 5.32 Å². The second-order valence-electron chi connectivity index (χ2n) is 6.08. The zero-order valence-electron chi connectivity index (χ0n) is 13.0. The van der Waals surface area contributed by atoms with E-state index in [4.69, 9.17) is 0 Å². The van der Waals surface area contributed by atoms with Crippen molar-refractivity contribution in [2.45, 2.75) is 31.8 Å². The van der Waals surface area contributed by atoms with Crippen LogP contribution in [0.1, 0.15) is 17.7 Å². The summed E-state index contributed by atoms with van der Waals surface area (Å²) in [4.78, 5) is 24.7. The van der Waals surface area contributed by atoms with Crippen LogP contribution in [0.2, 0.25) is 0 Å². The molecular formula is C17H17N5O2. The maximum absolute atomic E-state index is 12.4. The van der Waals surface area contributed by atoms with Crippen LogP contribution in [0, 0.1) is 0 Å². The molecular weight excluding hydrogens is 306 g/mol. The molecule has 0 fully saturated rings. The predicted octanol–water partition coefficient (Wildman–Crippen LogP) is 0.793. The molecule has 1 aliphatic rings. The summed E-state index contributed by atoms with van der Waals surface area (Å²) < 4.78 is 1.21. The van der Waals surface area contributed by atoms with Crippen molar-refractivity contribution in [3.8, 4) is 0 Å². The molecule has 7 heteroatoms. The lowest BCUT2D eigenvalue weighted by atomic mass is 9.93. The Bertz CT molecular complexity index is 959. The molecule has 1 amide bonds. The Morgan fingerprint density at radius 2 is 2.21 bits per heavy atom. The van der Waals surface area contributed by atoms with Gasteiger partial charge in [-0.2, -0.15) is 10.2 Å². The van der Waals surface area contributed by atoms with E-state index in [1.807, 2.05) is 18.3 Å². The van der Waals surface area contributed by atoms with Crippen LogP contribution in [0.4, 0.5) is 0 Å². The number of hydrogen-bond donors (Lipinski definition) is 2. The number of H-pyrrole nitrogens is 1. The molecule has 0 bridgehead atoms. The summed E-state index contributed by atoms with van der Waals surface area (Å²) in [5.74, 6) is -0.197. The van der Waals surface area contributed by atoms with Gasteiger partial charge in [-0.25, -0.2) is 4.68 Å². The summed E-state index contributed by atoms with van der Waals surface area (Å²) in [6, 6.07) is 7.30. The molecule has 1 atom stereocenters. The third-order valence-corrected chi connectivity index (χ3v) is 4.44. The Morgan fingerprint density at radius 1 is 1.33 bits per heavy atom. The highest BCUT2D eigenvalue weighted by Crippen LogP contribution is 2.18. The van der Waals surface area contributed by atoms with Crippen molar-refractivity contribution in [3.63, 3.8) is 0 Å². The number of carbonyl (C=O) groups is 1. The molecule has 7 nitrogen and oxygen atoms in total. The van der Waals surface area contributed by atoms with Gasteiger partial charge in [0.2, 0.25) is 5.91 Å². The fourth-order valence-electron chi connectivity index (χ4n) is 3.19. The molecule has 122 valence electrons. The van der Waals surface area contributed by atoms with Crippen molar-refractivity contribution < 1.29 is 4.79 Å². The maximum atomic E-state index is 12.4. The number of aromatic amines is 1. The van der Waals surface area contributed by atoms with Crippen LogP contribution in [-0.4, -0.2) is 31.9 Å².